The third kappa shape index (κ3) is 7.08. The maximum Gasteiger partial charge on any atom is 0.188 e. The summed E-state index contributed by atoms with van der Waals surface area (Å²) in [4.78, 5) is 6.87. The molecule has 130 valence electrons. The molecule has 4 nitrogen and oxygen atoms in total. The van der Waals surface area contributed by atoms with Crippen molar-refractivity contribution in [2.24, 2.45) is 16.6 Å². The fourth-order valence-corrected chi connectivity index (χ4v) is 2.71. The number of benzene rings is 1. The largest absolute Gasteiger partial charge is 0.370 e. The zero-order valence-corrected chi connectivity index (χ0v) is 16.8. The van der Waals surface area contributed by atoms with Gasteiger partial charge in [0.15, 0.2) is 5.96 Å². The van der Waals surface area contributed by atoms with Crippen LogP contribution in [0.1, 0.15) is 44.2 Å². The van der Waals surface area contributed by atoms with Gasteiger partial charge in [0, 0.05) is 13.1 Å². The molecule has 0 saturated heterocycles. The van der Waals surface area contributed by atoms with Crippen LogP contribution in [0.4, 0.5) is 0 Å². The van der Waals surface area contributed by atoms with Crippen LogP contribution in [-0.4, -0.2) is 30.5 Å². The van der Waals surface area contributed by atoms with Gasteiger partial charge in [-0.3, -0.25) is 4.90 Å². The number of nitrogens with two attached hydrogens (primary N) is 1. The summed E-state index contributed by atoms with van der Waals surface area (Å²) in [6.07, 6.45) is 4.02. The van der Waals surface area contributed by atoms with E-state index in [2.05, 4.69) is 53.3 Å². The van der Waals surface area contributed by atoms with Gasteiger partial charge < -0.3 is 11.1 Å². The van der Waals surface area contributed by atoms with Crippen molar-refractivity contribution >= 4 is 29.9 Å². The molecule has 0 heterocycles. The molecule has 1 aromatic rings. The van der Waals surface area contributed by atoms with Crippen LogP contribution >= 0.6 is 24.0 Å². The lowest BCUT2D eigenvalue weighted by Crippen LogP contribution is -2.37. The number of nitrogens with one attached hydrogen (secondary N) is 1. The fourth-order valence-electron chi connectivity index (χ4n) is 2.71. The van der Waals surface area contributed by atoms with E-state index in [9.17, 15) is 0 Å². The molecular weight excluding hydrogens is 399 g/mol. The van der Waals surface area contributed by atoms with E-state index < -0.39 is 0 Å². The first kappa shape index (κ1) is 20.2. The van der Waals surface area contributed by atoms with Crippen LogP contribution in [0.5, 0.6) is 0 Å². The minimum atomic E-state index is 0. The molecule has 0 radical (unpaired) electrons. The number of rotatable bonds is 8. The number of halogens is 1. The molecule has 0 bridgehead atoms. The van der Waals surface area contributed by atoms with Crippen LogP contribution in [0.3, 0.4) is 0 Å². The van der Waals surface area contributed by atoms with Gasteiger partial charge in [-0.25, -0.2) is 4.99 Å². The van der Waals surface area contributed by atoms with E-state index in [1.54, 1.807) is 0 Å². The van der Waals surface area contributed by atoms with Crippen LogP contribution in [0.15, 0.2) is 29.3 Å². The summed E-state index contributed by atoms with van der Waals surface area (Å²) in [5.74, 6) is 1.37. The summed E-state index contributed by atoms with van der Waals surface area (Å²) in [5, 5.41) is 3.24. The Morgan fingerprint density at radius 1 is 1.26 bits per heavy atom. The van der Waals surface area contributed by atoms with Gasteiger partial charge in [0.25, 0.3) is 0 Å². The minimum absolute atomic E-state index is 0. The first-order chi connectivity index (χ1) is 10.7. The summed E-state index contributed by atoms with van der Waals surface area (Å²) in [6.45, 7) is 9.18. The summed E-state index contributed by atoms with van der Waals surface area (Å²) < 4.78 is 0. The van der Waals surface area contributed by atoms with Gasteiger partial charge in [-0.1, -0.05) is 44.5 Å². The summed E-state index contributed by atoms with van der Waals surface area (Å²) in [6, 6.07) is 8.65. The average Bonchev–Trinajstić information content (AvgIpc) is 2.49. The minimum Gasteiger partial charge on any atom is -0.370 e. The fraction of sp³-hybridized carbons (Fsp3) is 0.611. The Kier molecular flexibility index (Phi) is 9.55. The second kappa shape index (κ2) is 10.9. The lowest BCUT2D eigenvalue weighted by atomic mass is 9.85. The Balaban J connectivity index is 0.00000264. The van der Waals surface area contributed by atoms with Gasteiger partial charge in [-0.15, -0.1) is 24.0 Å². The normalized spacial score (nSPS) is 15.2. The predicted octanol–water partition coefficient (Wildman–Crippen LogP) is 3.35. The molecule has 23 heavy (non-hydrogen) atoms. The maximum absolute atomic E-state index is 5.94. The number of hydrogen-bond donors (Lipinski definition) is 2. The molecule has 1 saturated carbocycles. The number of nitrogens with zero attached hydrogens (tertiary/aromatic N) is 2. The lowest BCUT2D eigenvalue weighted by molar-refractivity contribution is 0.296. The standard InChI is InChI=1S/C18H30N4.HI/c1-3-22(4-2)14-17-10-6-9-16(11-17)13-21-18(19)20-12-15-7-5-8-15;/h6,9-11,15H,3-5,7-8,12-14H2,1-2H3,(H3,19,20,21);1H. The third-order valence-corrected chi connectivity index (χ3v) is 4.52. The molecule has 1 aliphatic carbocycles. The molecule has 0 atom stereocenters. The molecule has 2 rings (SSSR count). The van der Waals surface area contributed by atoms with Gasteiger partial charge in [0.1, 0.15) is 0 Å². The first-order valence-corrected chi connectivity index (χ1v) is 8.55. The van der Waals surface area contributed by atoms with Gasteiger partial charge in [-0.05, 0) is 43.0 Å². The molecule has 0 amide bonds. The van der Waals surface area contributed by atoms with Crippen molar-refractivity contribution in [1.29, 1.82) is 0 Å². The Bertz CT molecular complexity index is 482. The monoisotopic (exact) mass is 430 g/mol. The van der Waals surface area contributed by atoms with E-state index >= 15 is 0 Å². The van der Waals surface area contributed by atoms with Gasteiger partial charge in [0.2, 0.25) is 0 Å². The molecule has 0 unspecified atom stereocenters. The van der Waals surface area contributed by atoms with Crippen molar-refractivity contribution in [2.45, 2.75) is 46.2 Å². The highest BCUT2D eigenvalue weighted by molar-refractivity contribution is 14.0. The molecular formula is C18H31IN4. The van der Waals surface area contributed by atoms with E-state index in [1.165, 1.54) is 30.4 Å². The molecule has 5 heteroatoms. The SMILES string of the molecule is CCN(CC)Cc1cccc(CN=C(N)NCC2CCC2)c1.I. The molecule has 1 aromatic carbocycles. The van der Waals surface area contributed by atoms with Crippen molar-refractivity contribution in [2.75, 3.05) is 19.6 Å². The van der Waals surface area contributed by atoms with Crippen molar-refractivity contribution < 1.29 is 0 Å². The number of guanidine groups is 1. The number of hydrogen-bond acceptors (Lipinski definition) is 2. The van der Waals surface area contributed by atoms with Crippen LogP contribution in [-0.2, 0) is 13.1 Å². The maximum atomic E-state index is 5.94. The van der Waals surface area contributed by atoms with Crippen LogP contribution in [0, 0.1) is 5.92 Å². The highest BCUT2D eigenvalue weighted by Gasteiger charge is 2.16. The van der Waals surface area contributed by atoms with E-state index in [0.29, 0.717) is 12.5 Å². The summed E-state index contributed by atoms with van der Waals surface area (Å²) >= 11 is 0. The van der Waals surface area contributed by atoms with Crippen molar-refractivity contribution in [1.82, 2.24) is 10.2 Å². The quantitative estimate of drug-likeness (QED) is 0.378. The van der Waals surface area contributed by atoms with Gasteiger partial charge in [-0.2, -0.15) is 0 Å². The van der Waals surface area contributed by atoms with Crippen molar-refractivity contribution in [3.05, 3.63) is 35.4 Å². The topological polar surface area (TPSA) is 53.6 Å². The van der Waals surface area contributed by atoms with E-state index in [4.69, 9.17) is 5.73 Å². The summed E-state index contributed by atoms with van der Waals surface area (Å²) in [5.41, 5.74) is 8.51. The zero-order chi connectivity index (χ0) is 15.8. The van der Waals surface area contributed by atoms with E-state index in [0.717, 1.165) is 32.1 Å². The average molecular weight is 430 g/mol. The number of aliphatic imine (C=N–C) groups is 1. The highest BCUT2D eigenvalue weighted by atomic mass is 127. The molecule has 1 fully saturated rings. The molecule has 0 aliphatic heterocycles. The Morgan fingerprint density at radius 3 is 2.57 bits per heavy atom. The lowest BCUT2D eigenvalue weighted by Gasteiger charge is -2.25. The molecule has 1 aliphatic rings. The van der Waals surface area contributed by atoms with Crippen molar-refractivity contribution in [3.8, 4) is 0 Å². The smallest absolute Gasteiger partial charge is 0.188 e. The zero-order valence-electron chi connectivity index (χ0n) is 14.4. The van der Waals surface area contributed by atoms with Crippen molar-refractivity contribution in [3.63, 3.8) is 0 Å². The Labute approximate surface area is 157 Å². The third-order valence-electron chi connectivity index (χ3n) is 4.52. The van der Waals surface area contributed by atoms with Crippen LogP contribution in [0.2, 0.25) is 0 Å². The second-order valence-electron chi connectivity index (χ2n) is 6.16. The van der Waals surface area contributed by atoms with Gasteiger partial charge in [0.05, 0.1) is 6.54 Å². The molecule has 0 aromatic heterocycles. The van der Waals surface area contributed by atoms with E-state index in [-0.39, 0.29) is 24.0 Å². The highest BCUT2D eigenvalue weighted by Crippen LogP contribution is 2.24. The Hall–Kier alpha value is -0.820. The second-order valence-corrected chi connectivity index (χ2v) is 6.16. The van der Waals surface area contributed by atoms with Crippen LogP contribution < -0.4 is 11.1 Å². The summed E-state index contributed by atoms with van der Waals surface area (Å²) in [7, 11) is 0. The molecule has 3 N–H and O–H groups in total. The molecule has 0 spiro atoms. The van der Waals surface area contributed by atoms with Gasteiger partial charge >= 0.3 is 0 Å². The first-order valence-electron chi connectivity index (χ1n) is 8.55. The predicted molar refractivity (Wildman–Crippen MR) is 109 cm³/mol. The Morgan fingerprint density at radius 2 is 1.96 bits per heavy atom. The van der Waals surface area contributed by atoms with Crippen LogP contribution in [0.25, 0.3) is 0 Å². The van der Waals surface area contributed by atoms with E-state index in [1.807, 2.05) is 0 Å².